The average Bonchev–Trinajstić information content (AvgIpc) is 3.28. The number of phenols is 2. The summed E-state index contributed by atoms with van der Waals surface area (Å²) < 4.78 is 90.7. The quantitative estimate of drug-likeness (QED) is 0.0674. The van der Waals surface area contributed by atoms with Crippen molar-refractivity contribution in [2.45, 2.75) is 90.3 Å². The number of hydrogen-bond acceptors (Lipinski definition) is 12. The lowest BCUT2D eigenvalue weighted by Gasteiger charge is -2.12. The summed E-state index contributed by atoms with van der Waals surface area (Å²) >= 11 is 9.31. The Morgan fingerprint density at radius 2 is 0.783 bits per heavy atom. The molecule has 0 bridgehead atoms. The SMILES string of the molecule is BrB(Br)Br.C.C.CCc1ccc(O)c(OC)c1.CCc1ccc(OS(=O)(=O)c2ccc(C)cc2)c(O)c1.CCc1ccc(OS(=O)(=O)c2ccc(C)cc2)c(OC)c1.Cc1ccc(S(=O)(=O)Cl)cc1. The number of aryl methyl sites for hydroxylation is 6. The van der Waals surface area contributed by atoms with Crippen molar-refractivity contribution >= 4 is 90.4 Å². The monoisotopic (exact) mass is 1220 g/mol. The van der Waals surface area contributed by atoms with Crippen LogP contribution in [-0.2, 0) is 48.5 Å². The first-order valence-corrected chi connectivity index (χ1v) is 28.1. The van der Waals surface area contributed by atoms with Crippen LogP contribution in [0.1, 0.15) is 69.0 Å². The highest BCUT2D eigenvalue weighted by atomic mass is 79.9. The van der Waals surface area contributed by atoms with Gasteiger partial charge in [-0.2, -0.15) is 16.8 Å². The zero-order valence-electron chi connectivity index (χ0n) is 38.0. The first kappa shape index (κ1) is 64.8. The Labute approximate surface area is 440 Å². The molecule has 0 saturated heterocycles. The predicted octanol–water partition coefficient (Wildman–Crippen LogP) is 13.7. The third kappa shape index (κ3) is 23.0. The van der Waals surface area contributed by atoms with Gasteiger partial charge in [0.25, 0.3) is 9.05 Å². The second-order valence-electron chi connectivity index (χ2n) is 14.1. The van der Waals surface area contributed by atoms with Crippen LogP contribution in [0.15, 0.2) is 142 Å². The van der Waals surface area contributed by atoms with E-state index in [-0.39, 0.29) is 55.7 Å². The number of methoxy groups -OCH3 is 2. The van der Waals surface area contributed by atoms with Crippen LogP contribution in [0.5, 0.6) is 34.5 Å². The molecule has 0 heterocycles. The second-order valence-corrected chi connectivity index (χ2v) is 26.1. The summed E-state index contributed by atoms with van der Waals surface area (Å²) in [4.78, 5) is 0.321. The smallest absolute Gasteiger partial charge is 0.369 e. The van der Waals surface area contributed by atoms with Crippen molar-refractivity contribution in [3.8, 4) is 34.5 Å². The minimum absolute atomic E-state index is 0. The van der Waals surface area contributed by atoms with Crippen molar-refractivity contribution in [1.82, 2.24) is 0 Å². The number of halogens is 4. The van der Waals surface area contributed by atoms with E-state index in [1.165, 1.54) is 61.2 Å². The van der Waals surface area contributed by atoms with E-state index in [1.54, 1.807) is 67.8 Å². The zero-order chi connectivity index (χ0) is 50.5. The number of aromatic hydroxyl groups is 2. The summed E-state index contributed by atoms with van der Waals surface area (Å²) in [5.74, 6) is 1.09. The Kier molecular flexibility index (Phi) is 29.3. The lowest BCUT2D eigenvalue weighted by molar-refractivity contribution is 0.373. The molecule has 0 aliphatic heterocycles. The van der Waals surface area contributed by atoms with E-state index < -0.39 is 29.3 Å². The summed E-state index contributed by atoms with van der Waals surface area (Å²) in [7, 11) is -3.22. The maximum absolute atomic E-state index is 12.3. The van der Waals surface area contributed by atoms with Crippen LogP contribution in [-0.4, -0.2) is 52.9 Å². The zero-order valence-corrected chi connectivity index (χ0v) is 46.0. The molecule has 6 aromatic rings. The van der Waals surface area contributed by atoms with Crippen LogP contribution in [0.4, 0.5) is 0 Å². The Morgan fingerprint density at radius 1 is 0.464 bits per heavy atom. The highest BCUT2D eigenvalue weighted by Gasteiger charge is 2.20. The van der Waals surface area contributed by atoms with Crippen molar-refractivity contribution in [2.75, 3.05) is 14.2 Å². The fourth-order valence-corrected chi connectivity index (χ4v) is 7.89. The van der Waals surface area contributed by atoms with Crippen molar-refractivity contribution in [2.24, 2.45) is 0 Å². The number of phenolic OH excluding ortho intramolecular Hbond substituents is 2. The largest absolute Gasteiger partial charge is 0.504 e. The molecule has 0 amide bonds. The number of rotatable bonds is 12. The minimum atomic E-state index is -3.93. The van der Waals surface area contributed by atoms with Gasteiger partial charge in [-0.25, -0.2) is 8.42 Å². The number of ether oxygens (including phenoxy) is 2. The highest BCUT2D eigenvalue weighted by molar-refractivity contribution is 9.69. The van der Waals surface area contributed by atoms with Crippen molar-refractivity contribution in [3.63, 3.8) is 0 Å². The molecule has 378 valence electrons. The van der Waals surface area contributed by atoms with Gasteiger partial charge in [0.15, 0.2) is 34.5 Å². The number of hydrogen-bond donors (Lipinski definition) is 2. The second kappa shape index (κ2) is 31.2. The Balaban J connectivity index is 0.000000892. The number of benzene rings is 6. The Hall–Kier alpha value is -4.24. The van der Waals surface area contributed by atoms with Gasteiger partial charge in [0, 0.05) is 10.7 Å². The van der Waals surface area contributed by atoms with Crippen molar-refractivity contribution in [3.05, 3.63) is 161 Å². The molecule has 0 saturated carbocycles. The van der Waals surface area contributed by atoms with E-state index in [4.69, 9.17) is 28.5 Å². The molecule has 0 atom stereocenters. The maximum atomic E-state index is 12.3. The van der Waals surface area contributed by atoms with Crippen LogP contribution in [0, 0.1) is 20.8 Å². The average molecular weight is 1220 g/mol. The molecule has 6 aromatic carbocycles. The molecular weight excluding hydrogens is 1160 g/mol. The topological polar surface area (TPSA) is 180 Å². The molecular formula is C49H61BBr3ClO12S3. The van der Waals surface area contributed by atoms with Crippen LogP contribution in [0.3, 0.4) is 0 Å². The highest BCUT2D eigenvalue weighted by Crippen LogP contribution is 2.32. The maximum Gasteiger partial charge on any atom is 0.369 e. The van der Waals surface area contributed by atoms with Crippen LogP contribution in [0.2, 0.25) is 0 Å². The molecule has 0 aliphatic carbocycles. The van der Waals surface area contributed by atoms with E-state index >= 15 is 0 Å². The molecule has 0 unspecified atom stereocenters. The first-order valence-electron chi connectivity index (χ1n) is 20.2. The molecule has 12 nitrogen and oxygen atoms in total. The molecule has 6 rings (SSSR count). The Morgan fingerprint density at radius 3 is 1.13 bits per heavy atom. The molecule has 69 heavy (non-hydrogen) atoms. The van der Waals surface area contributed by atoms with Crippen molar-refractivity contribution < 1.29 is 53.3 Å². The normalized spacial score (nSPS) is 10.4. The van der Waals surface area contributed by atoms with Gasteiger partial charge in [0.2, 0.25) is 0 Å². The van der Waals surface area contributed by atoms with Gasteiger partial charge in [-0.15, -0.1) is 47.3 Å². The van der Waals surface area contributed by atoms with Gasteiger partial charge >= 0.3 is 23.4 Å². The van der Waals surface area contributed by atoms with E-state index in [0.29, 0.717) is 11.5 Å². The minimum Gasteiger partial charge on any atom is -0.504 e. The first-order chi connectivity index (χ1) is 31.4. The summed E-state index contributed by atoms with van der Waals surface area (Å²) in [6, 6.07) is 34.5. The van der Waals surface area contributed by atoms with E-state index in [1.807, 2.05) is 52.8 Å². The Bertz CT molecular complexity index is 2820. The summed E-state index contributed by atoms with van der Waals surface area (Å²) in [5.41, 5.74) is 6.07. The fraction of sp³-hybridized carbons (Fsp3) is 0.265. The lowest BCUT2D eigenvalue weighted by Crippen LogP contribution is -2.10. The molecule has 0 spiro atoms. The standard InChI is InChI=1S/C16H18O4S.C15H16O4S.C9H12O2.C7H7ClO2S.2CH4.BBr3/c1-4-13-7-10-15(16(11-13)19-3)20-21(17,18)14-8-5-12(2)6-9-14;1-3-12-6-9-15(14(16)10-12)19-20(17,18)13-7-4-11(2)5-8-13;1-3-7-4-5-8(10)9(6-7)11-2;1-6-2-4-7(5-3-6)11(8,9)10;;;2-1(3)4/h5-11H,4H2,1-3H3;4-10,16H,3H2,1-2H3;4-6,10H,3H2,1-2H3;2-5H,1H3;2*1H4;. The van der Waals surface area contributed by atoms with E-state index in [2.05, 4.69) is 54.2 Å². The van der Waals surface area contributed by atoms with Gasteiger partial charge in [0.05, 0.1) is 19.1 Å². The molecule has 20 heteroatoms. The third-order valence-corrected chi connectivity index (χ3v) is 12.9. The summed E-state index contributed by atoms with van der Waals surface area (Å²) in [6.45, 7) is 11.7. The lowest BCUT2D eigenvalue weighted by atomic mass is 10.1. The molecule has 0 radical (unpaired) electrons. The summed E-state index contributed by atoms with van der Waals surface area (Å²) in [6.07, 6.45) is 2.54. The molecule has 0 aliphatic rings. The van der Waals surface area contributed by atoms with Gasteiger partial charge in [-0.05, 0) is 130 Å². The molecule has 0 aromatic heterocycles. The third-order valence-electron chi connectivity index (χ3n) is 9.04. The van der Waals surface area contributed by atoms with E-state index in [9.17, 15) is 35.5 Å². The van der Waals surface area contributed by atoms with Gasteiger partial charge < -0.3 is 28.1 Å². The van der Waals surface area contributed by atoms with Gasteiger partial charge in [0.1, 0.15) is 9.79 Å². The van der Waals surface area contributed by atoms with Crippen LogP contribution in [0.25, 0.3) is 0 Å². The van der Waals surface area contributed by atoms with Crippen molar-refractivity contribution in [1.29, 1.82) is 0 Å². The molecule has 2 N–H and O–H groups in total. The predicted molar refractivity (Wildman–Crippen MR) is 292 cm³/mol. The van der Waals surface area contributed by atoms with Crippen LogP contribution >= 0.6 is 58.0 Å². The van der Waals surface area contributed by atoms with Gasteiger partial charge in [-0.1, -0.05) is 107 Å². The fourth-order valence-electron chi connectivity index (χ4n) is 5.24. The van der Waals surface area contributed by atoms with Crippen LogP contribution < -0.4 is 17.8 Å². The molecule has 0 fully saturated rings. The summed E-state index contributed by atoms with van der Waals surface area (Å²) in [5, 5.41) is 19.0. The van der Waals surface area contributed by atoms with Gasteiger partial charge in [-0.3, -0.25) is 0 Å². The van der Waals surface area contributed by atoms with E-state index in [0.717, 1.165) is 47.1 Å².